The molecule has 1 saturated heterocycles. The van der Waals surface area contributed by atoms with Crippen molar-refractivity contribution in [3.63, 3.8) is 0 Å². The number of nitro groups is 1. The molecule has 1 heterocycles. The van der Waals surface area contributed by atoms with Crippen LogP contribution in [0.3, 0.4) is 0 Å². The monoisotopic (exact) mass is 236 g/mol. The highest BCUT2D eigenvalue weighted by molar-refractivity contribution is 5.42. The molecule has 2 N–H and O–H groups in total. The van der Waals surface area contributed by atoms with Crippen LogP contribution in [0.4, 0.5) is 5.69 Å². The number of hydrogen-bond acceptors (Lipinski definition) is 4. The quantitative estimate of drug-likeness (QED) is 0.643. The van der Waals surface area contributed by atoms with E-state index in [1.165, 1.54) is 6.07 Å². The van der Waals surface area contributed by atoms with E-state index in [1.54, 1.807) is 18.2 Å². The van der Waals surface area contributed by atoms with Gasteiger partial charge in [-0.05, 0) is 18.8 Å². The molecule has 1 fully saturated rings. The largest absolute Gasteiger partial charge is 0.381 e. The fraction of sp³-hybridized carbons (Fsp3) is 0.500. The van der Waals surface area contributed by atoms with Crippen molar-refractivity contribution in [3.05, 3.63) is 39.9 Å². The van der Waals surface area contributed by atoms with Crippen LogP contribution in [0.2, 0.25) is 0 Å². The summed E-state index contributed by atoms with van der Waals surface area (Å²) in [7, 11) is 0. The minimum Gasteiger partial charge on any atom is -0.381 e. The van der Waals surface area contributed by atoms with Crippen LogP contribution in [0.15, 0.2) is 24.3 Å². The standard InChI is InChI=1S/C12H16N2O3/c13-12(9-5-7-17-8-6-9)10-3-1-2-4-11(10)14(15)16/h1-4,9,12H,5-8,13H2/t12-/m1/s1. The highest BCUT2D eigenvalue weighted by Crippen LogP contribution is 2.32. The van der Waals surface area contributed by atoms with Crippen molar-refractivity contribution in [2.24, 2.45) is 11.7 Å². The van der Waals surface area contributed by atoms with E-state index in [9.17, 15) is 10.1 Å². The SMILES string of the molecule is N[C@@H](c1ccccc1[N+](=O)[O-])C1CCOCC1. The summed E-state index contributed by atoms with van der Waals surface area (Å²) in [6, 6.07) is 6.44. The smallest absolute Gasteiger partial charge is 0.274 e. The van der Waals surface area contributed by atoms with Gasteiger partial charge in [0.1, 0.15) is 0 Å². The predicted molar refractivity (Wildman–Crippen MR) is 63.6 cm³/mol. The van der Waals surface area contributed by atoms with Crippen molar-refractivity contribution in [1.29, 1.82) is 0 Å². The lowest BCUT2D eigenvalue weighted by Crippen LogP contribution is -2.27. The molecule has 5 nitrogen and oxygen atoms in total. The molecular weight excluding hydrogens is 220 g/mol. The number of nitrogens with zero attached hydrogens (tertiary/aromatic N) is 1. The first-order valence-electron chi connectivity index (χ1n) is 5.77. The minimum atomic E-state index is -0.367. The number of ether oxygens (including phenoxy) is 1. The Morgan fingerprint density at radius 2 is 2.00 bits per heavy atom. The van der Waals surface area contributed by atoms with Crippen LogP contribution >= 0.6 is 0 Å². The van der Waals surface area contributed by atoms with Gasteiger partial charge in [-0.15, -0.1) is 0 Å². The average molecular weight is 236 g/mol. The summed E-state index contributed by atoms with van der Waals surface area (Å²) in [5.41, 5.74) is 6.89. The third kappa shape index (κ3) is 2.62. The molecule has 1 aromatic rings. The predicted octanol–water partition coefficient (Wildman–Crippen LogP) is 2.02. The third-order valence-corrected chi connectivity index (χ3v) is 3.27. The molecule has 92 valence electrons. The lowest BCUT2D eigenvalue weighted by atomic mass is 9.87. The minimum absolute atomic E-state index is 0.117. The number of nitrogens with two attached hydrogens (primary N) is 1. The number of para-hydroxylation sites is 1. The first kappa shape index (κ1) is 12.0. The molecule has 1 aliphatic rings. The van der Waals surface area contributed by atoms with Crippen LogP contribution in [-0.4, -0.2) is 18.1 Å². The number of rotatable bonds is 3. The number of benzene rings is 1. The molecule has 0 saturated carbocycles. The summed E-state index contributed by atoms with van der Waals surface area (Å²) < 4.78 is 5.27. The highest BCUT2D eigenvalue weighted by Gasteiger charge is 2.27. The van der Waals surface area contributed by atoms with E-state index in [-0.39, 0.29) is 22.6 Å². The first-order valence-corrected chi connectivity index (χ1v) is 5.77. The van der Waals surface area contributed by atoms with Crippen molar-refractivity contribution in [3.8, 4) is 0 Å². The summed E-state index contributed by atoms with van der Waals surface area (Å²) in [6.45, 7) is 1.39. The first-order chi connectivity index (χ1) is 8.20. The van der Waals surface area contributed by atoms with Gasteiger partial charge in [-0.25, -0.2) is 0 Å². The topological polar surface area (TPSA) is 78.4 Å². The fourth-order valence-corrected chi connectivity index (χ4v) is 2.26. The molecule has 0 aliphatic carbocycles. The lowest BCUT2D eigenvalue weighted by Gasteiger charge is -2.27. The van der Waals surface area contributed by atoms with E-state index in [2.05, 4.69) is 0 Å². The van der Waals surface area contributed by atoms with Gasteiger partial charge in [-0.2, -0.15) is 0 Å². The molecule has 0 aromatic heterocycles. The van der Waals surface area contributed by atoms with Crippen LogP contribution in [0.1, 0.15) is 24.4 Å². The summed E-state index contributed by atoms with van der Waals surface area (Å²) in [5.74, 6) is 0.268. The zero-order chi connectivity index (χ0) is 12.3. The highest BCUT2D eigenvalue weighted by atomic mass is 16.6. The van der Waals surface area contributed by atoms with Gasteiger partial charge in [0.05, 0.1) is 4.92 Å². The van der Waals surface area contributed by atoms with E-state index >= 15 is 0 Å². The molecule has 0 spiro atoms. The van der Waals surface area contributed by atoms with Crippen LogP contribution in [-0.2, 0) is 4.74 Å². The number of nitro benzene ring substituents is 1. The maximum absolute atomic E-state index is 10.9. The fourth-order valence-electron chi connectivity index (χ4n) is 2.26. The Morgan fingerprint density at radius 1 is 1.35 bits per heavy atom. The molecule has 1 aromatic carbocycles. The average Bonchev–Trinajstić information content (AvgIpc) is 2.39. The van der Waals surface area contributed by atoms with Crippen LogP contribution in [0.25, 0.3) is 0 Å². The van der Waals surface area contributed by atoms with Crippen molar-refractivity contribution in [2.75, 3.05) is 13.2 Å². The Bertz CT molecular complexity index is 402. The van der Waals surface area contributed by atoms with Gasteiger partial charge in [0.2, 0.25) is 0 Å². The Kier molecular flexibility index (Phi) is 3.71. The molecule has 0 bridgehead atoms. The second-order valence-corrected chi connectivity index (χ2v) is 4.29. The molecule has 0 amide bonds. The van der Waals surface area contributed by atoms with Gasteiger partial charge in [0, 0.05) is 30.9 Å². The third-order valence-electron chi connectivity index (χ3n) is 3.27. The van der Waals surface area contributed by atoms with Crippen LogP contribution in [0.5, 0.6) is 0 Å². The molecule has 5 heteroatoms. The van der Waals surface area contributed by atoms with Crippen molar-refractivity contribution in [2.45, 2.75) is 18.9 Å². The second kappa shape index (κ2) is 5.25. The Balaban J connectivity index is 2.23. The van der Waals surface area contributed by atoms with Gasteiger partial charge in [-0.3, -0.25) is 10.1 Å². The lowest BCUT2D eigenvalue weighted by molar-refractivity contribution is -0.385. The Morgan fingerprint density at radius 3 is 2.65 bits per heavy atom. The number of hydrogen-bond donors (Lipinski definition) is 1. The van der Waals surface area contributed by atoms with E-state index in [0.29, 0.717) is 18.8 Å². The van der Waals surface area contributed by atoms with Crippen molar-refractivity contribution in [1.82, 2.24) is 0 Å². The van der Waals surface area contributed by atoms with E-state index in [0.717, 1.165) is 12.8 Å². The van der Waals surface area contributed by atoms with Gasteiger partial charge >= 0.3 is 0 Å². The zero-order valence-electron chi connectivity index (χ0n) is 9.54. The summed E-state index contributed by atoms with van der Waals surface area (Å²) in [6.07, 6.45) is 1.74. The molecule has 0 unspecified atom stereocenters. The molecule has 17 heavy (non-hydrogen) atoms. The molecule has 2 rings (SSSR count). The normalized spacial score (nSPS) is 18.9. The van der Waals surface area contributed by atoms with Gasteiger partial charge in [0.15, 0.2) is 0 Å². The maximum atomic E-state index is 10.9. The molecule has 1 aliphatic heterocycles. The van der Waals surface area contributed by atoms with Crippen LogP contribution in [0, 0.1) is 16.0 Å². The Labute approximate surface area is 99.7 Å². The van der Waals surface area contributed by atoms with Gasteiger partial charge in [0.25, 0.3) is 5.69 Å². The van der Waals surface area contributed by atoms with Crippen molar-refractivity contribution >= 4 is 5.69 Å². The van der Waals surface area contributed by atoms with Gasteiger partial charge in [-0.1, -0.05) is 18.2 Å². The molecule has 0 radical (unpaired) electrons. The Hall–Kier alpha value is -1.46. The van der Waals surface area contributed by atoms with Gasteiger partial charge < -0.3 is 10.5 Å². The molecule has 1 atom stereocenters. The van der Waals surface area contributed by atoms with E-state index in [4.69, 9.17) is 10.5 Å². The zero-order valence-corrected chi connectivity index (χ0v) is 9.54. The van der Waals surface area contributed by atoms with E-state index < -0.39 is 0 Å². The van der Waals surface area contributed by atoms with Crippen molar-refractivity contribution < 1.29 is 9.66 Å². The maximum Gasteiger partial charge on any atom is 0.274 e. The van der Waals surface area contributed by atoms with E-state index in [1.807, 2.05) is 0 Å². The molecular formula is C12H16N2O3. The summed E-state index contributed by atoms with van der Waals surface area (Å²) >= 11 is 0. The summed E-state index contributed by atoms with van der Waals surface area (Å²) in [4.78, 5) is 10.6. The van der Waals surface area contributed by atoms with Crippen LogP contribution < -0.4 is 5.73 Å². The second-order valence-electron chi connectivity index (χ2n) is 4.29. The summed E-state index contributed by atoms with van der Waals surface area (Å²) in [5, 5.41) is 10.9.